The molecule has 0 spiro atoms. The summed E-state index contributed by atoms with van der Waals surface area (Å²) in [7, 11) is 0. The zero-order valence-electron chi connectivity index (χ0n) is 14.8. The van der Waals surface area contributed by atoms with Crippen LogP contribution in [-0.4, -0.2) is 32.8 Å². The van der Waals surface area contributed by atoms with Gasteiger partial charge >= 0.3 is 0 Å². The molecule has 1 aliphatic heterocycles. The number of aryl methyl sites for hydroxylation is 1. The van der Waals surface area contributed by atoms with Crippen molar-refractivity contribution in [1.82, 2.24) is 19.7 Å². The third-order valence-corrected chi connectivity index (χ3v) is 5.50. The highest BCUT2D eigenvalue weighted by Crippen LogP contribution is 2.35. The van der Waals surface area contributed by atoms with Gasteiger partial charge in [-0.25, -0.2) is 14.6 Å². The lowest BCUT2D eigenvalue weighted by atomic mass is 9.85. The van der Waals surface area contributed by atoms with Crippen LogP contribution in [0.3, 0.4) is 0 Å². The van der Waals surface area contributed by atoms with E-state index >= 15 is 0 Å². The van der Waals surface area contributed by atoms with Crippen molar-refractivity contribution in [2.24, 2.45) is 5.92 Å². The van der Waals surface area contributed by atoms with Crippen molar-refractivity contribution in [3.63, 3.8) is 0 Å². The molecule has 2 aromatic heterocycles. The van der Waals surface area contributed by atoms with Crippen LogP contribution in [0.25, 0.3) is 0 Å². The summed E-state index contributed by atoms with van der Waals surface area (Å²) >= 11 is 0. The number of piperidine rings is 1. The molecule has 6 nitrogen and oxygen atoms in total. The molecule has 2 aromatic rings. The van der Waals surface area contributed by atoms with Gasteiger partial charge in [-0.1, -0.05) is 6.42 Å². The molecule has 25 heavy (non-hydrogen) atoms. The fourth-order valence-corrected chi connectivity index (χ4v) is 3.67. The molecule has 0 N–H and O–H groups in total. The van der Waals surface area contributed by atoms with E-state index in [9.17, 15) is 4.79 Å². The van der Waals surface area contributed by atoms with Gasteiger partial charge in [0.05, 0.1) is 5.69 Å². The fraction of sp³-hybridized carbons (Fsp3) is 0.579. The van der Waals surface area contributed by atoms with Crippen molar-refractivity contribution < 1.29 is 0 Å². The van der Waals surface area contributed by atoms with Crippen LogP contribution in [0.15, 0.2) is 29.2 Å². The maximum Gasteiger partial charge on any atom is 0.266 e. The minimum Gasteiger partial charge on any atom is -0.356 e. The van der Waals surface area contributed by atoms with E-state index in [1.165, 1.54) is 19.3 Å². The van der Waals surface area contributed by atoms with Gasteiger partial charge in [0.2, 0.25) is 0 Å². The summed E-state index contributed by atoms with van der Waals surface area (Å²) in [5.41, 5.74) is 0.885. The standard InChI is InChI=1S/C19H25N5O/c1-14-5-6-18(25)24(22-14)13-15-8-11-23(12-9-15)17-7-10-20-19(21-17)16-3-2-4-16/h5-7,10,15-16H,2-4,8-9,11-13H2,1H3. The Balaban J connectivity index is 1.38. The minimum absolute atomic E-state index is 0.00558. The predicted molar refractivity (Wildman–Crippen MR) is 96.8 cm³/mol. The second-order valence-electron chi connectivity index (χ2n) is 7.33. The summed E-state index contributed by atoms with van der Waals surface area (Å²) in [4.78, 5) is 23.6. The summed E-state index contributed by atoms with van der Waals surface area (Å²) < 4.78 is 1.62. The monoisotopic (exact) mass is 339 g/mol. The van der Waals surface area contributed by atoms with E-state index in [0.717, 1.165) is 43.3 Å². The van der Waals surface area contributed by atoms with E-state index in [4.69, 9.17) is 4.98 Å². The molecule has 0 radical (unpaired) electrons. The Labute approximate surface area is 147 Å². The van der Waals surface area contributed by atoms with Crippen LogP contribution in [-0.2, 0) is 6.54 Å². The molecule has 0 unspecified atom stereocenters. The lowest BCUT2D eigenvalue weighted by molar-refractivity contribution is 0.333. The smallest absolute Gasteiger partial charge is 0.266 e. The summed E-state index contributed by atoms with van der Waals surface area (Å²) in [5.74, 6) is 3.13. The van der Waals surface area contributed by atoms with E-state index < -0.39 is 0 Å². The number of hydrogen-bond acceptors (Lipinski definition) is 5. The first-order valence-electron chi connectivity index (χ1n) is 9.32. The SMILES string of the molecule is Cc1ccc(=O)n(CC2CCN(c3ccnc(C4CCC4)n3)CC2)n1. The van der Waals surface area contributed by atoms with Crippen LogP contribution in [0.4, 0.5) is 5.82 Å². The predicted octanol–water partition coefficient (Wildman–Crippen LogP) is 2.53. The number of hydrogen-bond donors (Lipinski definition) is 0. The van der Waals surface area contributed by atoms with Gasteiger partial charge in [0.1, 0.15) is 11.6 Å². The third kappa shape index (κ3) is 3.57. The summed E-state index contributed by atoms with van der Waals surface area (Å²) in [5, 5.41) is 4.36. The quantitative estimate of drug-likeness (QED) is 0.856. The Hall–Kier alpha value is -2.24. The van der Waals surface area contributed by atoms with Crippen molar-refractivity contribution in [2.75, 3.05) is 18.0 Å². The van der Waals surface area contributed by atoms with Gasteiger partial charge < -0.3 is 4.90 Å². The number of rotatable bonds is 4. The zero-order valence-corrected chi connectivity index (χ0v) is 14.8. The first kappa shape index (κ1) is 16.2. The van der Waals surface area contributed by atoms with Gasteiger partial charge in [0, 0.05) is 37.8 Å². The van der Waals surface area contributed by atoms with Crippen molar-refractivity contribution in [3.05, 3.63) is 46.3 Å². The first-order chi connectivity index (χ1) is 12.2. The summed E-state index contributed by atoms with van der Waals surface area (Å²) in [6.07, 6.45) is 7.78. The zero-order chi connectivity index (χ0) is 17.2. The van der Waals surface area contributed by atoms with Crippen LogP contribution in [0.5, 0.6) is 0 Å². The Morgan fingerprint density at radius 1 is 1.12 bits per heavy atom. The molecule has 1 saturated heterocycles. The molecule has 0 atom stereocenters. The van der Waals surface area contributed by atoms with Crippen LogP contribution >= 0.6 is 0 Å². The lowest BCUT2D eigenvalue weighted by Crippen LogP contribution is -2.37. The molecule has 0 aromatic carbocycles. The van der Waals surface area contributed by atoms with Gasteiger partial charge in [-0.2, -0.15) is 5.10 Å². The lowest BCUT2D eigenvalue weighted by Gasteiger charge is -2.33. The van der Waals surface area contributed by atoms with Gasteiger partial charge in [0.25, 0.3) is 5.56 Å². The Morgan fingerprint density at radius 3 is 2.64 bits per heavy atom. The fourth-order valence-electron chi connectivity index (χ4n) is 3.67. The van der Waals surface area contributed by atoms with Crippen LogP contribution in [0.2, 0.25) is 0 Å². The molecule has 4 rings (SSSR count). The number of nitrogens with zero attached hydrogens (tertiary/aromatic N) is 5. The van der Waals surface area contributed by atoms with Crippen molar-refractivity contribution in [1.29, 1.82) is 0 Å². The van der Waals surface area contributed by atoms with Crippen molar-refractivity contribution >= 4 is 5.82 Å². The maximum atomic E-state index is 11.9. The third-order valence-electron chi connectivity index (χ3n) is 5.50. The highest BCUT2D eigenvalue weighted by molar-refractivity contribution is 5.38. The van der Waals surface area contributed by atoms with E-state index in [0.29, 0.717) is 18.4 Å². The van der Waals surface area contributed by atoms with E-state index in [1.807, 2.05) is 19.2 Å². The van der Waals surface area contributed by atoms with Gasteiger partial charge in [-0.05, 0) is 50.7 Å². The maximum absolute atomic E-state index is 11.9. The highest BCUT2D eigenvalue weighted by Gasteiger charge is 2.25. The second-order valence-corrected chi connectivity index (χ2v) is 7.33. The van der Waals surface area contributed by atoms with Crippen LogP contribution < -0.4 is 10.5 Å². The minimum atomic E-state index is -0.00558. The molecule has 6 heteroatoms. The van der Waals surface area contributed by atoms with Gasteiger partial charge in [-0.15, -0.1) is 0 Å². The van der Waals surface area contributed by atoms with Crippen LogP contribution in [0, 0.1) is 12.8 Å². The molecule has 0 bridgehead atoms. The molecular weight excluding hydrogens is 314 g/mol. The summed E-state index contributed by atoms with van der Waals surface area (Å²) in [6, 6.07) is 5.41. The van der Waals surface area contributed by atoms with E-state index in [2.05, 4.69) is 15.0 Å². The molecule has 0 amide bonds. The molecule has 3 heterocycles. The van der Waals surface area contributed by atoms with E-state index in [1.54, 1.807) is 16.8 Å². The molecule has 1 aliphatic carbocycles. The highest BCUT2D eigenvalue weighted by atomic mass is 16.1. The first-order valence-corrected chi connectivity index (χ1v) is 9.32. The average molecular weight is 339 g/mol. The summed E-state index contributed by atoms with van der Waals surface area (Å²) in [6.45, 7) is 4.59. The normalized spacial score (nSPS) is 19.0. The Bertz CT molecular complexity index is 790. The molecular formula is C19H25N5O. The molecule has 2 aliphatic rings. The molecule has 1 saturated carbocycles. The van der Waals surface area contributed by atoms with Crippen molar-refractivity contribution in [3.8, 4) is 0 Å². The number of anilines is 1. The number of aromatic nitrogens is 4. The molecule has 2 fully saturated rings. The Kier molecular flexibility index (Phi) is 4.51. The Morgan fingerprint density at radius 2 is 1.92 bits per heavy atom. The topological polar surface area (TPSA) is 63.9 Å². The second kappa shape index (κ2) is 6.94. The van der Waals surface area contributed by atoms with Gasteiger partial charge in [0.15, 0.2) is 0 Å². The van der Waals surface area contributed by atoms with Crippen LogP contribution in [0.1, 0.15) is 49.5 Å². The average Bonchev–Trinajstić information content (AvgIpc) is 2.58. The van der Waals surface area contributed by atoms with Crippen molar-refractivity contribution in [2.45, 2.75) is 51.5 Å². The van der Waals surface area contributed by atoms with E-state index in [-0.39, 0.29) is 5.56 Å². The van der Waals surface area contributed by atoms with Gasteiger partial charge in [-0.3, -0.25) is 4.79 Å². The molecule has 132 valence electrons. The largest absolute Gasteiger partial charge is 0.356 e.